The topological polar surface area (TPSA) is 84.9 Å². The van der Waals surface area contributed by atoms with Crippen molar-refractivity contribution in [2.24, 2.45) is 5.92 Å². The van der Waals surface area contributed by atoms with Gasteiger partial charge in [-0.1, -0.05) is 12.1 Å². The summed E-state index contributed by atoms with van der Waals surface area (Å²) in [6.45, 7) is 0.595. The van der Waals surface area contributed by atoms with E-state index < -0.39 is 5.97 Å². The van der Waals surface area contributed by atoms with Crippen LogP contribution in [0.1, 0.15) is 35.2 Å². The summed E-state index contributed by atoms with van der Waals surface area (Å²) in [6, 6.07) is 12.3. The smallest absolute Gasteiger partial charge is 0.303 e. The van der Waals surface area contributed by atoms with Gasteiger partial charge in [-0.3, -0.25) is 9.59 Å². The second-order valence-electron chi connectivity index (χ2n) is 6.66. The molecule has 0 bridgehead atoms. The molecule has 6 heteroatoms. The average Bonchev–Trinajstić information content (AvgIpc) is 3.49. The van der Waals surface area contributed by atoms with Crippen LogP contribution in [-0.4, -0.2) is 30.7 Å². The molecule has 0 radical (unpaired) electrons. The van der Waals surface area contributed by atoms with Gasteiger partial charge < -0.3 is 19.9 Å². The fourth-order valence-electron chi connectivity index (χ4n) is 2.68. The molecule has 1 saturated carbocycles. The second-order valence-corrected chi connectivity index (χ2v) is 6.66. The Morgan fingerprint density at radius 1 is 1.19 bits per heavy atom. The Hall–Kier alpha value is -3.02. The SMILES string of the molecule is COc1ccc(C(=O)Nc2cccc(CCC(=O)O)c2)c(OCC2CC2)c1. The van der Waals surface area contributed by atoms with Gasteiger partial charge in [0.2, 0.25) is 0 Å². The van der Waals surface area contributed by atoms with E-state index >= 15 is 0 Å². The molecule has 0 heterocycles. The average molecular weight is 369 g/mol. The van der Waals surface area contributed by atoms with Crippen LogP contribution >= 0.6 is 0 Å². The van der Waals surface area contributed by atoms with Gasteiger partial charge in [0, 0.05) is 18.2 Å². The van der Waals surface area contributed by atoms with Crippen LogP contribution in [0.15, 0.2) is 42.5 Å². The minimum atomic E-state index is -0.847. The molecule has 3 rings (SSSR count). The molecular formula is C21H23NO5. The fraction of sp³-hybridized carbons (Fsp3) is 0.333. The number of anilines is 1. The number of hydrogen-bond donors (Lipinski definition) is 2. The predicted octanol–water partition coefficient (Wildman–Crippen LogP) is 3.75. The van der Waals surface area contributed by atoms with Crippen molar-refractivity contribution >= 4 is 17.6 Å². The Morgan fingerprint density at radius 3 is 2.70 bits per heavy atom. The molecule has 0 aromatic heterocycles. The molecule has 27 heavy (non-hydrogen) atoms. The third-order valence-electron chi connectivity index (χ3n) is 4.42. The molecule has 1 aliphatic carbocycles. The number of hydrogen-bond acceptors (Lipinski definition) is 4. The normalized spacial score (nSPS) is 13.1. The first-order valence-electron chi connectivity index (χ1n) is 8.98. The van der Waals surface area contributed by atoms with Crippen molar-refractivity contribution in [2.45, 2.75) is 25.7 Å². The molecule has 1 amide bonds. The van der Waals surface area contributed by atoms with Gasteiger partial charge in [-0.25, -0.2) is 0 Å². The number of aliphatic carboxylic acids is 1. The van der Waals surface area contributed by atoms with E-state index in [-0.39, 0.29) is 12.3 Å². The van der Waals surface area contributed by atoms with Crippen molar-refractivity contribution in [2.75, 3.05) is 19.0 Å². The number of carboxylic acids is 1. The zero-order chi connectivity index (χ0) is 19.2. The van der Waals surface area contributed by atoms with Crippen molar-refractivity contribution in [3.05, 3.63) is 53.6 Å². The lowest BCUT2D eigenvalue weighted by Gasteiger charge is -2.13. The van der Waals surface area contributed by atoms with Crippen molar-refractivity contribution in [1.29, 1.82) is 0 Å². The molecule has 6 nitrogen and oxygen atoms in total. The summed E-state index contributed by atoms with van der Waals surface area (Å²) in [6.07, 6.45) is 2.79. The quantitative estimate of drug-likeness (QED) is 0.703. The van der Waals surface area contributed by atoms with E-state index in [2.05, 4.69) is 5.32 Å². The number of nitrogens with one attached hydrogen (secondary N) is 1. The van der Waals surface area contributed by atoms with Crippen LogP contribution < -0.4 is 14.8 Å². The van der Waals surface area contributed by atoms with Crippen LogP contribution in [-0.2, 0) is 11.2 Å². The van der Waals surface area contributed by atoms with Gasteiger partial charge in [0.1, 0.15) is 11.5 Å². The minimum absolute atomic E-state index is 0.0506. The second kappa shape index (κ2) is 8.58. The summed E-state index contributed by atoms with van der Waals surface area (Å²) >= 11 is 0. The van der Waals surface area contributed by atoms with Gasteiger partial charge >= 0.3 is 5.97 Å². The Kier molecular flexibility index (Phi) is 5.96. The first kappa shape index (κ1) is 18.8. The lowest BCUT2D eigenvalue weighted by atomic mass is 10.1. The predicted molar refractivity (Wildman–Crippen MR) is 102 cm³/mol. The maximum absolute atomic E-state index is 12.7. The highest BCUT2D eigenvalue weighted by Crippen LogP contribution is 2.32. The van der Waals surface area contributed by atoms with E-state index in [0.29, 0.717) is 41.7 Å². The summed E-state index contributed by atoms with van der Waals surface area (Å²) in [7, 11) is 1.57. The fourth-order valence-corrected chi connectivity index (χ4v) is 2.68. The number of aryl methyl sites for hydroxylation is 1. The zero-order valence-corrected chi connectivity index (χ0v) is 15.2. The number of benzene rings is 2. The van der Waals surface area contributed by atoms with Gasteiger partial charge in [-0.05, 0) is 55.0 Å². The lowest BCUT2D eigenvalue weighted by Crippen LogP contribution is -2.14. The van der Waals surface area contributed by atoms with E-state index in [1.807, 2.05) is 6.07 Å². The number of ether oxygens (including phenoxy) is 2. The highest BCUT2D eigenvalue weighted by Gasteiger charge is 2.23. The van der Waals surface area contributed by atoms with Crippen LogP contribution in [0.5, 0.6) is 11.5 Å². The largest absolute Gasteiger partial charge is 0.497 e. The first-order chi connectivity index (χ1) is 13.0. The molecule has 142 valence electrons. The first-order valence-corrected chi connectivity index (χ1v) is 8.98. The molecule has 0 saturated heterocycles. The lowest BCUT2D eigenvalue weighted by molar-refractivity contribution is -0.136. The number of rotatable bonds is 9. The molecule has 2 aromatic carbocycles. The number of carboxylic acid groups (broad SMARTS) is 1. The van der Waals surface area contributed by atoms with Crippen molar-refractivity contribution in [3.63, 3.8) is 0 Å². The summed E-state index contributed by atoms with van der Waals surface area (Å²) in [5, 5.41) is 11.7. The summed E-state index contributed by atoms with van der Waals surface area (Å²) in [4.78, 5) is 23.5. The third-order valence-corrected chi connectivity index (χ3v) is 4.42. The summed E-state index contributed by atoms with van der Waals surface area (Å²) in [5.74, 6) is 0.575. The van der Waals surface area contributed by atoms with Crippen molar-refractivity contribution in [3.8, 4) is 11.5 Å². The maximum atomic E-state index is 12.7. The molecular weight excluding hydrogens is 346 g/mol. The van der Waals surface area contributed by atoms with Gasteiger partial charge in [0.25, 0.3) is 5.91 Å². The van der Waals surface area contributed by atoms with Crippen molar-refractivity contribution < 1.29 is 24.2 Å². The number of carbonyl (C=O) groups is 2. The molecule has 2 N–H and O–H groups in total. The molecule has 1 aliphatic rings. The molecule has 0 atom stereocenters. The van der Waals surface area contributed by atoms with Crippen LogP contribution in [0.2, 0.25) is 0 Å². The molecule has 0 unspecified atom stereocenters. The standard InChI is InChI=1S/C21H23NO5/c1-26-17-8-9-18(19(12-17)27-13-15-5-6-15)21(25)22-16-4-2-3-14(11-16)7-10-20(23)24/h2-4,8-9,11-12,15H,5-7,10,13H2,1H3,(H,22,25)(H,23,24). The van der Waals surface area contributed by atoms with Crippen LogP contribution in [0.4, 0.5) is 5.69 Å². The number of carbonyl (C=O) groups excluding carboxylic acids is 1. The van der Waals surface area contributed by atoms with Crippen LogP contribution in [0, 0.1) is 5.92 Å². The third kappa shape index (κ3) is 5.48. The molecule has 2 aromatic rings. The molecule has 1 fully saturated rings. The van der Waals surface area contributed by atoms with E-state index in [1.165, 1.54) is 0 Å². The Balaban J connectivity index is 1.73. The van der Waals surface area contributed by atoms with Crippen LogP contribution in [0.25, 0.3) is 0 Å². The van der Waals surface area contributed by atoms with Gasteiger partial charge in [0.05, 0.1) is 19.3 Å². The maximum Gasteiger partial charge on any atom is 0.303 e. The Morgan fingerprint density at radius 2 is 2.00 bits per heavy atom. The van der Waals surface area contributed by atoms with E-state index in [1.54, 1.807) is 43.5 Å². The monoisotopic (exact) mass is 369 g/mol. The minimum Gasteiger partial charge on any atom is -0.497 e. The van der Waals surface area contributed by atoms with E-state index in [0.717, 1.165) is 18.4 Å². The highest BCUT2D eigenvalue weighted by atomic mass is 16.5. The number of amides is 1. The molecule has 0 spiro atoms. The van der Waals surface area contributed by atoms with Gasteiger partial charge in [-0.2, -0.15) is 0 Å². The summed E-state index contributed by atoms with van der Waals surface area (Å²) in [5.41, 5.74) is 1.91. The van der Waals surface area contributed by atoms with Gasteiger partial charge in [0.15, 0.2) is 0 Å². The number of methoxy groups -OCH3 is 1. The summed E-state index contributed by atoms with van der Waals surface area (Å²) < 4.78 is 11.1. The molecule has 0 aliphatic heterocycles. The van der Waals surface area contributed by atoms with Gasteiger partial charge in [-0.15, -0.1) is 0 Å². The zero-order valence-electron chi connectivity index (χ0n) is 15.2. The highest BCUT2D eigenvalue weighted by molar-refractivity contribution is 6.06. The van der Waals surface area contributed by atoms with E-state index in [4.69, 9.17) is 14.6 Å². The Bertz CT molecular complexity index is 829. The van der Waals surface area contributed by atoms with E-state index in [9.17, 15) is 9.59 Å². The Labute approximate surface area is 158 Å². The van der Waals surface area contributed by atoms with Crippen molar-refractivity contribution in [1.82, 2.24) is 0 Å². The van der Waals surface area contributed by atoms with Crippen LogP contribution in [0.3, 0.4) is 0 Å².